The van der Waals surface area contributed by atoms with Crippen molar-refractivity contribution in [1.82, 2.24) is 0 Å². The molecule has 0 N–H and O–H groups in total. The number of benzene rings is 2. The third-order valence-electron chi connectivity index (χ3n) is 5.26. The summed E-state index contributed by atoms with van der Waals surface area (Å²) in [7, 11) is 2.71. The number of hydrogen-bond donors (Lipinski definition) is 0. The van der Waals surface area contributed by atoms with E-state index in [0.717, 1.165) is 16.7 Å². The molecular formula is C23H24O4. The van der Waals surface area contributed by atoms with Gasteiger partial charge in [-0.15, -0.1) is 0 Å². The van der Waals surface area contributed by atoms with Gasteiger partial charge in [-0.1, -0.05) is 62.4 Å². The van der Waals surface area contributed by atoms with Crippen LogP contribution >= 0.6 is 0 Å². The molecule has 3 rings (SSSR count). The average Bonchev–Trinajstić information content (AvgIpc) is 2.68. The number of ether oxygens (including phenoxy) is 2. The first-order valence-electron chi connectivity index (χ1n) is 8.95. The van der Waals surface area contributed by atoms with Gasteiger partial charge in [0.25, 0.3) is 0 Å². The minimum atomic E-state index is -0.374. The lowest BCUT2D eigenvalue weighted by atomic mass is 9.66. The Bertz CT molecular complexity index is 850. The molecule has 140 valence electrons. The first kappa shape index (κ1) is 18.9. The standard InChI is InChI=1S/C23H24O4/c1-23(2)18-11-7-5-9-16(18)22(17-10-6-8-12-19(17)23)15(13-20(24)26-3)14-21(25)27-4/h5-12H,13-14H2,1-4H3. The van der Waals surface area contributed by atoms with Gasteiger partial charge in [0.05, 0.1) is 27.1 Å². The van der Waals surface area contributed by atoms with E-state index >= 15 is 0 Å². The zero-order valence-electron chi connectivity index (χ0n) is 16.2. The van der Waals surface area contributed by atoms with Gasteiger partial charge in [-0.05, 0) is 33.4 Å². The molecule has 0 bridgehead atoms. The number of hydrogen-bond acceptors (Lipinski definition) is 4. The van der Waals surface area contributed by atoms with E-state index in [1.165, 1.54) is 25.3 Å². The van der Waals surface area contributed by atoms with Crippen LogP contribution in [-0.2, 0) is 24.5 Å². The van der Waals surface area contributed by atoms with E-state index in [2.05, 4.69) is 38.1 Å². The maximum atomic E-state index is 12.1. The molecule has 4 nitrogen and oxygen atoms in total. The Morgan fingerprint density at radius 1 is 0.778 bits per heavy atom. The number of esters is 2. The van der Waals surface area contributed by atoms with Crippen LogP contribution in [0, 0.1) is 0 Å². The van der Waals surface area contributed by atoms with Crippen LogP contribution in [0.4, 0.5) is 0 Å². The maximum Gasteiger partial charge on any atom is 0.309 e. The third-order valence-corrected chi connectivity index (χ3v) is 5.26. The van der Waals surface area contributed by atoms with E-state index in [1.54, 1.807) is 0 Å². The molecule has 0 atom stereocenters. The van der Waals surface area contributed by atoms with Crippen LogP contribution in [0.5, 0.6) is 0 Å². The highest BCUT2D eigenvalue weighted by Crippen LogP contribution is 2.47. The molecule has 0 saturated heterocycles. The fraction of sp³-hybridized carbons (Fsp3) is 0.304. The summed E-state index contributed by atoms with van der Waals surface area (Å²) in [6.07, 6.45) is 0.0913. The number of methoxy groups -OCH3 is 2. The summed E-state index contributed by atoms with van der Waals surface area (Å²) in [6, 6.07) is 16.3. The first-order valence-corrected chi connectivity index (χ1v) is 8.95. The summed E-state index contributed by atoms with van der Waals surface area (Å²) in [5.74, 6) is -0.748. The molecule has 0 aromatic heterocycles. The lowest BCUT2D eigenvalue weighted by Crippen LogP contribution is -2.27. The van der Waals surface area contributed by atoms with Gasteiger partial charge in [-0.3, -0.25) is 9.59 Å². The molecule has 0 spiro atoms. The van der Waals surface area contributed by atoms with Gasteiger partial charge >= 0.3 is 11.9 Å². The summed E-state index contributed by atoms with van der Waals surface area (Å²) in [4.78, 5) is 24.2. The zero-order chi connectivity index (χ0) is 19.6. The number of fused-ring (bicyclic) bond motifs is 2. The maximum absolute atomic E-state index is 12.1. The Kier molecular flexibility index (Phi) is 5.17. The van der Waals surface area contributed by atoms with Gasteiger partial charge in [-0.2, -0.15) is 0 Å². The van der Waals surface area contributed by atoms with E-state index in [-0.39, 0.29) is 30.2 Å². The van der Waals surface area contributed by atoms with Crippen molar-refractivity contribution >= 4 is 17.5 Å². The smallest absolute Gasteiger partial charge is 0.309 e. The van der Waals surface area contributed by atoms with E-state index in [4.69, 9.17) is 9.47 Å². The van der Waals surface area contributed by atoms with Crippen molar-refractivity contribution in [2.75, 3.05) is 14.2 Å². The van der Waals surface area contributed by atoms with E-state index < -0.39 is 0 Å². The summed E-state index contributed by atoms with van der Waals surface area (Å²) in [5.41, 5.74) is 5.89. The van der Waals surface area contributed by atoms with Gasteiger partial charge < -0.3 is 9.47 Å². The number of rotatable bonds is 4. The monoisotopic (exact) mass is 364 g/mol. The molecule has 0 saturated carbocycles. The van der Waals surface area contributed by atoms with Gasteiger partial charge in [0.1, 0.15) is 0 Å². The van der Waals surface area contributed by atoms with Crippen molar-refractivity contribution in [3.63, 3.8) is 0 Å². The quantitative estimate of drug-likeness (QED) is 0.761. The summed E-state index contributed by atoms with van der Waals surface area (Å²) in [6.45, 7) is 4.39. The molecule has 1 aliphatic carbocycles. The lowest BCUT2D eigenvalue weighted by molar-refractivity contribution is -0.140. The summed E-state index contributed by atoms with van der Waals surface area (Å²) < 4.78 is 9.76. The highest BCUT2D eigenvalue weighted by atomic mass is 16.5. The fourth-order valence-electron chi connectivity index (χ4n) is 3.90. The SMILES string of the molecule is COC(=O)CC(CC(=O)OC)=C1c2ccccc2C(C)(C)c2ccccc21. The van der Waals surface area contributed by atoms with Crippen molar-refractivity contribution in [2.24, 2.45) is 0 Å². The van der Waals surface area contributed by atoms with Crippen molar-refractivity contribution < 1.29 is 19.1 Å². The van der Waals surface area contributed by atoms with Crippen molar-refractivity contribution in [2.45, 2.75) is 32.1 Å². The molecule has 0 aliphatic heterocycles. The predicted molar refractivity (Wildman–Crippen MR) is 104 cm³/mol. The normalized spacial score (nSPS) is 14.0. The molecule has 0 unspecified atom stereocenters. The largest absolute Gasteiger partial charge is 0.469 e. The molecule has 0 radical (unpaired) electrons. The second kappa shape index (κ2) is 7.39. The molecule has 0 heterocycles. The Morgan fingerprint density at radius 2 is 1.19 bits per heavy atom. The van der Waals surface area contributed by atoms with Crippen LogP contribution < -0.4 is 0 Å². The Morgan fingerprint density at radius 3 is 1.59 bits per heavy atom. The van der Waals surface area contributed by atoms with Gasteiger partial charge in [0.15, 0.2) is 0 Å². The molecule has 2 aromatic rings. The number of carbonyl (C=O) groups excluding carboxylic acids is 2. The minimum absolute atomic E-state index is 0.0457. The predicted octanol–water partition coefficient (Wildman–Crippen LogP) is 4.25. The van der Waals surface area contributed by atoms with E-state index in [0.29, 0.717) is 5.57 Å². The van der Waals surface area contributed by atoms with Crippen molar-refractivity contribution in [3.8, 4) is 0 Å². The zero-order valence-corrected chi connectivity index (χ0v) is 16.2. The van der Waals surface area contributed by atoms with Crippen LogP contribution in [0.2, 0.25) is 0 Å². The minimum Gasteiger partial charge on any atom is -0.469 e. The Labute approximate surface area is 159 Å². The number of carbonyl (C=O) groups is 2. The van der Waals surface area contributed by atoms with Crippen molar-refractivity contribution in [1.29, 1.82) is 0 Å². The van der Waals surface area contributed by atoms with Crippen molar-refractivity contribution in [3.05, 3.63) is 76.4 Å². The molecular weight excluding hydrogens is 340 g/mol. The molecule has 27 heavy (non-hydrogen) atoms. The van der Waals surface area contributed by atoms with Gasteiger partial charge in [0.2, 0.25) is 0 Å². The third kappa shape index (κ3) is 3.39. The summed E-state index contributed by atoms with van der Waals surface area (Å²) >= 11 is 0. The average molecular weight is 364 g/mol. The second-order valence-corrected chi connectivity index (χ2v) is 7.20. The van der Waals surface area contributed by atoms with Gasteiger partial charge in [0, 0.05) is 5.41 Å². The topological polar surface area (TPSA) is 52.6 Å². The Balaban J connectivity index is 2.33. The molecule has 1 aliphatic rings. The van der Waals surface area contributed by atoms with Crippen LogP contribution in [0.3, 0.4) is 0 Å². The molecule has 2 aromatic carbocycles. The molecule has 0 fully saturated rings. The first-order chi connectivity index (χ1) is 12.9. The second-order valence-electron chi connectivity index (χ2n) is 7.20. The van der Waals surface area contributed by atoms with Crippen LogP contribution in [0.1, 0.15) is 48.9 Å². The molecule has 4 heteroatoms. The van der Waals surface area contributed by atoms with Gasteiger partial charge in [-0.25, -0.2) is 0 Å². The van der Waals surface area contributed by atoms with Crippen LogP contribution in [-0.4, -0.2) is 26.2 Å². The highest BCUT2D eigenvalue weighted by Gasteiger charge is 2.35. The molecule has 0 amide bonds. The Hall–Kier alpha value is -2.88. The van der Waals surface area contributed by atoms with E-state index in [9.17, 15) is 9.59 Å². The highest BCUT2D eigenvalue weighted by molar-refractivity contribution is 5.93. The lowest BCUT2D eigenvalue weighted by Gasteiger charge is -2.37. The summed E-state index contributed by atoms with van der Waals surface area (Å²) in [5, 5.41) is 0. The van der Waals surface area contributed by atoms with Crippen LogP contribution in [0.25, 0.3) is 5.57 Å². The van der Waals surface area contributed by atoms with E-state index in [1.807, 2.05) is 24.3 Å². The fourth-order valence-corrected chi connectivity index (χ4v) is 3.90. The van der Waals surface area contributed by atoms with Crippen LogP contribution in [0.15, 0.2) is 54.1 Å².